The van der Waals surface area contributed by atoms with Crippen LogP contribution in [0.3, 0.4) is 0 Å². The van der Waals surface area contributed by atoms with Crippen LogP contribution >= 0.6 is 0 Å². The van der Waals surface area contributed by atoms with E-state index in [-0.39, 0.29) is 0 Å². The Morgan fingerprint density at radius 1 is 0.625 bits per heavy atom. The smallest absolute Gasteiger partial charge is 0.343 e. The highest BCUT2D eigenvalue weighted by Crippen LogP contribution is 2.28. The van der Waals surface area contributed by atoms with Gasteiger partial charge in [0.25, 0.3) is 0 Å². The Labute approximate surface area is 288 Å². The molecular formula is C43H54O5. The highest BCUT2D eigenvalue weighted by atomic mass is 16.5. The van der Waals surface area contributed by atoms with Gasteiger partial charge in [-0.3, -0.25) is 4.79 Å². The number of fused-ring (bicyclic) bond motifs is 1. The summed E-state index contributed by atoms with van der Waals surface area (Å²) in [5.41, 5.74) is 1.51. The topological polar surface area (TPSA) is 61.8 Å². The van der Waals surface area contributed by atoms with Crippen molar-refractivity contribution in [3.05, 3.63) is 96.1 Å². The fourth-order valence-corrected chi connectivity index (χ4v) is 5.72. The standard InChI is InChI=1S/C43H54O5/c1-4-6-7-8-9-10-11-12-13-14-29-46-39-22-18-35(19-23-39)43(45)48-41-27-25-40(26-28-41)47-42-24-20-36-30-34(16-17-37(36)32-42)31-38(44)21-15-33(3)5-2/h16-20,22-28,30,32-33H,4-15,21,29,31H2,1-3H3. The van der Waals surface area contributed by atoms with Crippen molar-refractivity contribution >= 4 is 22.5 Å². The summed E-state index contributed by atoms with van der Waals surface area (Å²) >= 11 is 0. The molecule has 4 aromatic rings. The number of unbranched alkanes of at least 4 members (excludes halogenated alkanes) is 9. The number of carbonyl (C=O) groups is 2. The number of hydrogen-bond donors (Lipinski definition) is 0. The van der Waals surface area contributed by atoms with Crippen molar-refractivity contribution in [1.82, 2.24) is 0 Å². The highest BCUT2D eigenvalue weighted by molar-refractivity contribution is 5.91. The van der Waals surface area contributed by atoms with E-state index in [9.17, 15) is 9.59 Å². The zero-order valence-electron chi connectivity index (χ0n) is 29.3. The van der Waals surface area contributed by atoms with Crippen molar-refractivity contribution in [2.24, 2.45) is 5.92 Å². The monoisotopic (exact) mass is 650 g/mol. The van der Waals surface area contributed by atoms with Gasteiger partial charge in [0.15, 0.2) is 0 Å². The fourth-order valence-electron chi connectivity index (χ4n) is 5.72. The molecule has 0 spiro atoms. The first kappa shape index (κ1) is 36.7. The summed E-state index contributed by atoms with van der Waals surface area (Å²) in [6.07, 6.45) is 16.1. The molecule has 1 unspecified atom stereocenters. The Balaban J connectivity index is 1.17. The minimum atomic E-state index is -0.420. The first-order chi connectivity index (χ1) is 23.4. The number of ketones is 1. The maximum atomic E-state index is 12.7. The molecule has 0 aliphatic heterocycles. The summed E-state index contributed by atoms with van der Waals surface area (Å²) in [7, 11) is 0. The largest absolute Gasteiger partial charge is 0.494 e. The van der Waals surface area contributed by atoms with Crippen LogP contribution in [0.1, 0.15) is 120 Å². The molecule has 256 valence electrons. The first-order valence-corrected chi connectivity index (χ1v) is 18.2. The second-order valence-electron chi connectivity index (χ2n) is 13.1. The summed E-state index contributed by atoms with van der Waals surface area (Å²) in [4.78, 5) is 25.2. The lowest BCUT2D eigenvalue weighted by Crippen LogP contribution is -2.08. The molecule has 0 aromatic heterocycles. The van der Waals surface area contributed by atoms with Gasteiger partial charge in [0.05, 0.1) is 12.2 Å². The molecule has 1 atom stereocenters. The molecule has 0 radical (unpaired) electrons. The van der Waals surface area contributed by atoms with Gasteiger partial charge in [0.1, 0.15) is 28.8 Å². The van der Waals surface area contributed by atoms with E-state index in [1.54, 1.807) is 36.4 Å². The third-order valence-electron chi connectivity index (χ3n) is 9.02. The van der Waals surface area contributed by atoms with Crippen LogP contribution in [-0.2, 0) is 11.2 Å². The van der Waals surface area contributed by atoms with Crippen molar-refractivity contribution < 1.29 is 23.8 Å². The van der Waals surface area contributed by atoms with Crippen LogP contribution < -0.4 is 14.2 Å². The number of rotatable bonds is 22. The van der Waals surface area contributed by atoms with E-state index < -0.39 is 5.97 Å². The Hall–Kier alpha value is -4.12. The van der Waals surface area contributed by atoms with Crippen molar-refractivity contribution in [2.75, 3.05) is 6.61 Å². The average molecular weight is 651 g/mol. The first-order valence-electron chi connectivity index (χ1n) is 18.2. The summed E-state index contributed by atoms with van der Waals surface area (Å²) in [5, 5.41) is 2.12. The molecule has 5 heteroatoms. The average Bonchev–Trinajstić information content (AvgIpc) is 3.10. The molecule has 48 heavy (non-hydrogen) atoms. The third-order valence-corrected chi connectivity index (χ3v) is 9.02. The zero-order valence-corrected chi connectivity index (χ0v) is 29.3. The highest BCUT2D eigenvalue weighted by Gasteiger charge is 2.11. The fraction of sp³-hybridized carbons (Fsp3) is 0.442. The van der Waals surface area contributed by atoms with Gasteiger partial charge in [-0.1, -0.05) is 109 Å². The van der Waals surface area contributed by atoms with Crippen molar-refractivity contribution in [1.29, 1.82) is 0 Å². The summed E-state index contributed by atoms with van der Waals surface area (Å²) in [5.74, 6) is 3.01. The lowest BCUT2D eigenvalue weighted by molar-refractivity contribution is -0.118. The van der Waals surface area contributed by atoms with E-state index in [4.69, 9.17) is 14.2 Å². The lowest BCUT2D eigenvalue weighted by Gasteiger charge is -2.10. The second-order valence-corrected chi connectivity index (χ2v) is 13.1. The molecular weight excluding hydrogens is 596 g/mol. The van der Waals surface area contributed by atoms with Crippen LogP contribution in [0.25, 0.3) is 10.8 Å². The summed E-state index contributed by atoms with van der Waals surface area (Å²) < 4.78 is 17.5. The molecule has 0 amide bonds. The zero-order chi connectivity index (χ0) is 34.0. The van der Waals surface area contributed by atoms with Crippen LogP contribution in [0.5, 0.6) is 23.0 Å². The molecule has 0 bridgehead atoms. The Kier molecular flexibility index (Phi) is 15.5. The second kappa shape index (κ2) is 20.3. The number of ether oxygens (including phenoxy) is 3. The van der Waals surface area contributed by atoms with E-state index in [0.29, 0.717) is 54.0 Å². The van der Waals surface area contributed by atoms with Crippen LogP contribution in [-0.4, -0.2) is 18.4 Å². The molecule has 0 aliphatic rings. The number of hydrogen-bond acceptors (Lipinski definition) is 5. The van der Waals surface area contributed by atoms with Crippen molar-refractivity contribution in [2.45, 2.75) is 111 Å². The van der Waals surface area contributed by atoms with E-state index in [1.807, 2.05) is 42.5 Å². The van der Waals surface area contributed by atoms with Gasteiger partial charge >= 0.3 is 5.97 Å². The van der Waals surface area contributed by atoms with E-state index in [2.05, 4.69) is 26.8 Å². The SMILES string of the molecule is CCCCCCCCCCCCOc1ccc(C(=O)Oc2ccc(Oc3ccc4cc(CC(=O)CCC(C)CC)ccc4c3)cc2)cc1. The maximum absolute atomic E-state index is 12.7. The number of carbonyl (C=O) groups excluding carboxylic acids is 2. The Morgan fingerprint density at radius 3 is 1.90 bits per heavy atom. The number of esters is 1. The molecule has 0 aliphatic carbocycles. The van der Waals surface area contributed by atoms with Gasteiger partial charge in [-0.05, 0) is 95.8 Å². The predicted molar refractivity (Wildman–Crippen MR) is 197 cm³/mol. The van der Waals surface area contributed by atoms with E-state index in [1.165, 1.54) is 57.8 Å². The molecule has 0 saturated carbocycles. The van der Waals surface area contributed by atoms with Gasteiger partial charge in [-0.25, -0.2) is 4.79 Å². The predicted octanol–water partition coefficient (Wildman–Crippen LogP) is 12.1. The molecule has 4 aromatic carbocycles. The Morgan fingerprint density at radius 2 is 1.21 bits per heavy atom. The van der Waals surface area contributed by atoms with Crippen LogP contribution in [0.4, 0.5) is 0 Å². The van der Waals surface area contributed by atoms with Gasteiger partial charge in [0, 0.05) is 12.8 Å². The molecule has 4 rings (SSSR count). The molecule has 0 N–H and O–H groups in total. The number of benzene rings is 4. The minimum absolute atomic E-state index is 0.293. The van der Waals surface area contributed by atoms with Crippen LogP contribution in [0.15, 0.2) is 84.9 Å². The van der Waals surface area contributed by atoms with E-state index in [0.717, 1.165) is 41.3 Å². The van der Waals surface area contributed by atoms with Crippen molar-refractivity contribution in [3.63, 3.8) is 0 Å². The van der Waals surface area contributed by atoms with Gasteiger partial charge in [-0.15, -0.1) is 0 Å². The maximum Gasteiger partial charge on any atom is 0.343 e. The van der Waals surface area contributed by atoms with Gasteiger partial charge < -0.3 is 14.2 Å². The molecule has 5 nitrogen and oxygen atoms in total. The van der Waals surface area contributed by atoms with Crippen LogP contribution in [0, 0.1) is 5.92 Å². The van der Waals surface area contributed by atoms with Gasteiger partial charge in [0.2, 0.25) is 0 Å². The quantitative estimate of drug-likeness (QED) is 0.0481. The summed E-state index contributed by atoms with van der Waals surface area (Å²) in [6.45, 7) is 7.31. The normalized spacial score (nSPS) is 11.7. The minimum Gasteiger partial charge on any atom is -0.494 e. The molecule has 0 fully saturated rings. The molecule has 0 saturated heterocycles. The Bertz CT molecular complexity index is 1540. The van der Waals surface area contributed by atoms with Gasteiger partial charge in [-0.2, -0.15) is 0 Å². The molecule has 0 heterocycles. The number of Topliss-reactive ketones (excluding diaryl/α,β-unsaturated/α-hetero) is 1. The summed E-state index contributed by atoms with van der Waals surface area (Å²) in [6, 6.07) is 26.2. The third kappa shape index (κ3) is 12.8. The van der Waals surface area contributed by atoms with Crippen LogP contribution in [0.2, 0.25) is 0 Å². The van der Waals surface area contributed by atoms with E-state index >= 15 is 0 Å². The van der Waals surface area contributed by atoms with Crippen molar-refractivity contribution in [3.8, 4) is 23.0 Å². The lowest BCUT2D eigenvalue weighted by atomic mass is 9.97.